The molecular formula is C82H138N2O66. The molecule has 150 heavy (non-hydrogen) atoms. The molecule has 0 aliphatic carbocycles. The van der Waals surface area contributed by atoms with Gasteiger partial charge in [0.1, 0.15) is 317 Å². The van der Waals surface area contributed by atoms with Crippen molar-refractivity contribution in [1.29, 1.82) is 0 Å². The van der Waals surface area contributed by atoms with Gasteiger partial charge in [0.15, 0.2) is 81.8 Å². The van der Waals surface area contributed by atoms with Crippen molar-refractivity contribution in [3.05, 3.63) is 0 Å². The van der Waals surface area contributed by atoms with Crippen LogP contribution in [-0.2, 0) is 128 Å². The molecule has 0 spiro atoms. The fraction of sp³-hybridized carbons (Fsp3) is 0.976. The fourth-order valence-electron chi connectivity index (χ4n) is 19.3. The third kappa shape index (κ3) is 26.4. The minimum atomic E-state index is -2.88. The molecule has 13 heterocycles. The number of nitrogens with one attached hydrogen (secondary N) is 2. The summed E-state index contributed by atoms with van der Waals surface area (Å²) in [7, 11) is 0. The number of carbonyl (C=O) groups is 2. The van der Waals surface area contributed by atoms with Crippen LogP contribution in [0, 0.1) is 0 Å². The van der Waals surface area contributed by atoms with E-state index in [2.05, 4.69) is 10.6 Å². The van der Waals surface area contributed by atoms with Gasteiger partial charge >= 0.3 is 0 Å². The van der Waals surface area contributed by atoms with Crippen LogP contribution in [0.1, 0.15) is 13.8 Å². The number of carbonyl (C=O) groups excluding carboxylic acids is 2. The molecule has 41 N–H and O–H groups in total. The van der Waals surface area contributed by atoms with Gasteiger partial charge in [0.2, 0.25) is 11.8 Å². The monoisotopic (exact) mass is 2210 g/mol. The number of aliphatic hydroxyl groups excluding tert-OH is 39. The Labute approximate surface area is 845 Å². The first-order valence-electron chi connectivity index (χ1n) is 47.7. The summed E-state index contributed by atoms with van der Waals surface area (Å²) in [5.41, 5.74) is 0. The summed E-state index contributed by atoms with van der Waals surface area (Å²) >= 11 is 0. The van der Waals surface area contributed by atoms with Crippen molar-refractivity contribution in [1.82, 2.24) is 10.6 Å². The van der Waals surface area contributed by atoms with Crippen LogP contribution in [0.15, 0.2) is 0 Å². The Hall–Kier alpha value is -3.62. The minimum absolute atomic E-state index is 0.861. The van der Waals surface area contributed by atoms with Gasteiger partial charge in [0, 0.05) is 13.8 Å². The highest BCUT2D eigenvalue weighted by Crippen LogP contribution is 2.43. The van der Waals surface area contributed by atoms with E-state index in [-0.39, 0.29) is 0 Å². The van der Waals surface area contributed by atoms with Crippen molar-refractivity contribution in [3.63, 3.8) is 0 Å². The van der Waals surface area contributed by atoms with Gasteiger partial charge in [0.25, 0.3) is 0 Å². The van der Waals surface area contributed by atoms with E-state index in [1.807, 2.05) is 0 Å². The second-order valence-electron chi connectivity index (χ2n) is 38.0. The number of rotatable bonds is 39. The van der Waals surface area contributed by atoms with Gasteiger partial charge in [-0.3, -0.25) is 9.59 Å². The average molecular weight is 2210 g/mol. The summed E-state index contributed by atoms with van der Waals surface area (Å²) in [5.74, 6) is -1.91. The predicted molar refractivity (Wildman–Crippen MR) is 451 cm³/mol. The number of amides is 2. The van der Waals surface area contributed by atoms with Gasteiger partial charge in [-0.05, 0) is 0 Å². The zero-order chi connectivity index (χ0) is 110. The number of hydrogen-bond donors (Lipinski definition) is 41. The highest BCUT2D eigenvalue weighted by molar-refractivity contribution is 5.73. The maximum absolute atomic E-state index is 13.3. The van der Waals surface area contributed by atoms with Gasteiger partial charge in [0.05, 0.1) is 85.9 Å². The smallest absolute Gasteiger partial charge is 0.217 e. The topological polar surface area (TPSA) is 1080 Å². The average Bonchev–Trinajstić information content (AvgIpc) is 0.759. The zero-order valence-electron chi connectivity index (χ0n) is 79.2. The molecule has 0 saturated carbocycles. The van der Waals surface area contributed by atoms with Crippen molar-refractivity contribution in [3.8, 4) is 0 Å². The molecule has 13 aliphatic rings. The summed E-state index contributed by atoms with van der Waals surface area (Å²) in [4.78, 5) is 25.7. The van der Waals surface area contributed by atoms with E-state index in [4.69, 9.17) is 118 Å². The lowest BCUT2D eigenvalue weighted by Gasteiger charge is -2.51. The number of hydrogen-bond acceptors (Lipinski definition) is 66. The normalized spacial score (nSPS) is 52.1. The van der Waals surface area contributed by atoms with E-state index < -0.39 is 497 Å². The molecule has 0 radical (unpaired) electrons. The minimum Gasteiger partial charge on any atom is -0.394 e. The van der Waals surface area contributed by atoms with Crippen LogP contribution < -0.4 is 10.6 Å². The first-order valence-corrected chi connectivity index (χ1v) is 47.7. The lowest BCUT2D eigenvalue weighted by atomic mass is 9.94. The standard InChI is InChI=1S/C82H138N2O66/c1-16(95)83-31-44(108)61(26(11-93)129-70(31)125)142-71-32(84-17(2)96)45(109)62(27(12-94)138-71)143-79-60(124)66(43(107)30(140-79)15-127-73-57(121)65(146-76-56(120)49(113)36(100)21(6-88)133-76)42(106)29(139-73)14-126-72-53(117)46(110)33(97)18(3-85)130-72)147-82-69(150-81-68(51(115)38(102)23(8-90)137-81)149-78-59(123)64(41(105)25(10-92)135-78)145-75-55(119)48(112)35(99)20(5-87)132-75)52(116)39(103)28(141-82)13-128-80-67(50(114)37(101)22(7-89)136-80)148-77-58(122)63(40(104)24(9-91)134-77)144-74-54(118)47(111)34(98)19(4-86)131-74/h18-82,85-94,97-125H,3-15H2,1-2H3,(H,83,95)(H,84,96)/t18-,19-,20-,21-,22-,23-,24-,25-,26-,27-,28-,29-,30-,31-,32-,33-,34-,35-,36-,37-,38-,39-,40-,41-,42-,43-,44-,45-,46+,47+,48+,49+,50+,51+,52+,53+,54+,55+,56+,57+,58+,59+,60+,61-,62-,63+,64+,65+,66+,67+,68+,69+,70-,71+,72+,73+,74-,75-,76-,77-,78-,79+,80+,81-,82-/m1/s1. The maximum atomic E-state index is 13.3. The Morgan fingerprint density at radius 1 is 0.173 bits per heavy atom. The van der Waals surface area contributed by atoms with E-state index in [1.54, 1.807) is 0 Å². The SMILES string of the molecule is CC(=O)N[C@@H]1[C@@H](O)[C@H](O[C@@H]2O[C@H](CO)[C@@H](O[C@@H]3O[C@H](CO[C@H]4O[C@H](CO[C@H]5O[C@H](CO)[C@@H](O)[C@H](O)[C@@H]5O)[C@@H](O)[C@H](O[C@H]5O[C@H](CO)[C@@H](O)[C@H](O)[C@@H]5O)[C@@H]4O)[C@@H](O)[C@H](O[C@H]4O[C@H](CO[C@H]5O[C@H](CO)[C@@H](O)[C@H](O)[C@@H]5O[C@H]5O[C@H](CO)[C@@H](O)[C@H](O[C@H]6O[C@H](CO)[C@@H](O)[C@H](O)[C@@H]6O)[C@@H]5O)[C@@H](O)[C@H](O)[C@@H]4O[C@H]4O[C@H](CO)[C@@H](O)[C@H](O)[C@@H]4O[C@H]4O[C@H](CO)[C@@H](O)[C@H](O[C@H]5O[C@H](CO)[C@@H](O)[C@H](O)[C@@H]5O)[C@@H]4O)[C@@H]3O)[C@H](O)[C@H]2NC(C)=O)[C@@H](CO)O[C@H]1O. The van der Waals surface area contributed by atoms with Gasteiger partial charge < -0.3 is 328 Å². The van der Waals surface area contributed by atoms with E-state index in [0.29, 0.717) is 0 Å². The lowest BCUT2D eigenvalue weighted by molar-refractivity contribution is -0.413. The first-order chi connectivity index (χ1) is 71.1. The van der Waals surface area contributed by atoms with Crippen molar-refractivity contribution >= 4 is 11.8 Å². The molecule has 13 rings (SSSR count). The van der Waals surface area contributed by atoms with Crippen molar-refractivity contribution in [2.45, 2.75) is 413 Å². The molecule has 872 valence electrons. The molecule has 65 atom stereocenters. The summed E-state index contributed by atoms with van der Waals surface area (Å²) < 4.78 is 147. The van der Waals surface area contributed by atoms with E-state index in [9.17, 15) is 209 Å². The molecule has 13 fully saturated rings. The molecule has 68 nitrogen and oxygen atoms in total. The summed E-state index contributed by atoms with van der Waals surface area (Å²) in [6, 6.07) is -3.85. The second-order valence-corrected chi connectivity index (χ2v) is 38.0. The fourth-order valence-corrected chi connectivity index (χ4v) is 19.3. The van der Waals surface area contributed by atoms with Gasteiger partial charge in [-0.1, -0.05) is 0 Å². The summed E-state index contributed by atoms with van der Waals surface area (Å²) in [6.07, 6.45) is -144. The molecule has 0 bridgehead atoms. The predicted octanol–water partition coefficient (Wildman–Crippen LogP) is -29.0. The van der Waals surface area contributed by atoms with Crippen molar-refractivity contribution in [2.75, 3.05) is 85.9 Å². The van der Waals surface area contributed by atoms with E-state index in [1.165, 1.54) is 0 Å². The van der Waals surface area contributed by atoms with Gasteiger partial charge in [-0.2, -0.15) is 0 Å². The van der Waals surface area contributed by atoms with Crippen LogP contribution >= 0.6 is 0 Å². The molecule has 13 aliphatic heterocycles. The Kier molecular flexibility index (Phi) is 44.2. The molecule has 13 saturated heterocycles. The Balaban J connectivity index is 0.883. The van der Waals surface area contributed by atoms with Crippen LogP contribution in [0.5, 0.6) is 0 Å². The Morgan fingerprint density at radius 3 is 0.720 bits per heavy atom. The van der Waals surface area contributed by atoms with Gasteiger partial charge in [-0.25, -0.2) is 0 Å². The Morgan fingerprint density at radius 2 is 0.367 bits per heavy atom. The van der Waals surface area contributed by atoms with Crippen molar-refractivity contribution < 1.29 is 327 Å². The molecule has 0 unspecified atom stereocenters. The molecule has 68 heteroatoms. The first kappa shape index (κ1) is 123. The second kappa shape index (κ2) is 53.8. The molecule has 0 aromatic heterocycles. The molecular weight excluding hydrogens is 2070 g/mol. The maximum Gasteiger partial charge on any atom is 0.217 e. The number of ether oxygens (including phenoxy) is 25. The van der Waals surface area contributed by atoms with Gasteiger partial charge in [-0.15, -0.1) is 0 Å². The largest absolute Gasteiger partial charge is 0.394 e. The Bertz CT molecular complexity index is 4070. The molecule has 2 amide bonds. The van der Waals surface area contributed by atoms with E-state index >= 15 is 0 Å². The highest BCUT2D eigenvalue weighted by atomic mass is 16.8. The third-order valence-corrected chi connectivity index (χ3v) is 28.0. The van der Waals surface area contributed by atoms with Crippen LogP contribution in [0.3, 0.4) is 0 Å². The van der Waals surface area contributed by atoms with Crippen LogP contribution in [0.4, 0.5) is 0 Å². The molecule has 0 aromatic rings. The third-order valence-electron chi connectivity index (χ3n) is 28.0. The molecule has 0 aromatic carbocycles. The van der Waals surface area contributed by atoms with Crippen LogP contribution in [-0.4, -0.2) is 696 Å². The highest BCUT2D eigenvalue weighted by Gasteiger charge is 2.64. The summed E-state index contributed by atoms with van der Waals surface area (Å²) in [6.45, 7) is -13.8. The van der Waals surface area contributed by atoms with E-state index in [0.717, 1.165) is 13.8 Å². The van der Waals surface area contributed by atoms with Crippen LogP contribution in [0.25, 0.3) is 0 Å². The zero-order valence-corrected chi connectivity index (χ0v) is 79.2. The quantitative estimate of drug-likeness (QED) is 0.0272. The number of aliphatic hydroxyl groups is 39. The van der Waals surface area contributed by atoms with Crippen LogP contribution in [0.2, 0.25) is 0 Å². The summed E-state index contributed by atoms with van der Waals surface area (Å²) in [5, 5.41) is 444. The van der Waals surface area contributed by atoms with Crippen molar-refractivity contribution in [2.24, 2.45) is 0 Å². The lowest BCUT2D eigenvalue weighted by Crippen LogP contribution is -2.70.